The van der Waals surface area contributed by atoms with Crippen LogP contribution in [0.4, 0.5) is 0 Å². The summed E-state index contributed by atoms with van der Waals surface area (Å²) < 4.78 is 0. The van der Waals surface area contributed by atoms with E-state index in [4.69, 9.17) is 11.6 Å². The highest BCUT2D eigenvalue weighted by Gasteiger charge is 2.06. The number of hydrogen-bond donors (Lipinski definition) is 2. The van der Waals surface area contributed by atoms with Gasteiger partial charge in [0, 0.05) is 42.9 Å². The van der Waals surface area contributed by atoms with Crippen LogP contribution in [0.3, 0.4) is 0 Å². The summed E-state index contributed by atoms with van der Waals surface area (Å²) in [4.78, 5) is 8.90. The van der Waals surface area contributed by atoms with Crippen molar-refractivity contribution in [2.24, 2.45) is 4.99 Å². The lowest BCUT2D eigenvalue weighted by Gasteiger charge is -2.11. The number of halogens is 1. The van der Waals surface area contributed by atoms with Crippen LogP contribution in [-0.2, 0) is 12.8 Å². The van der Waals surface area contributed by atoms with Crippen molar-refractivity contribution in [3.05, 3.63) is 50.9 Å². The van der Waals surface area contributed by atoms with Crippen molar-refractivity contribution >= 4 is 28.9 Å². The Hall–Kier alpha value is -1.59. The van der Waals surface area contributed by atoms with Crippen LogP contribution in [0.15, 0.2) is 34.6 Å². The predicted molar refractivity (Wildman–Crippen MR) is 104 cm³/mol. The maximum Gasteiger partial charge on any atom is 0.190 e. The maximum absolute atomic E-state index is 6.00. The molecule has 2 N–H and O–H groups in total. The van der Waals surface area contributed by atoms with Gasteiger partial charge in [-0.05, 0) is 24.1 Å². The average molecular weight is 365 g/mol. The molecule has 24 heavy (non-hydrogen) atoms. The molecule has 0 aliphatic rings. The number of nitrogens with one attached hydrogen (secondary N) is 2. The number of thiazole rings is 1. The largest absolute Gasteiger partial charge is 0.356 e. The summed E-state index contributed by atoms with van der Waals surface area (Å²) >= 11 is 7.74. The monoisotopic (exact) mass is 364 g/mol. The molecule has 2 aromatic rings. The van der Waals surface area contributed by atoms with Gasteiger partial charge in [0.05, 0.1) is 10.7 Å². The topological polar surface area (TPSA) is 49.3 Å². The third-order valence-corrected chi connectivity index (χ3v) is 4.98. The van der Waals surface area contributed by atoms with Crippen LogP contribution in [-0.4, -0.2) is 31.1 Å². The first-order valence-corrected chi connectivity index (χ1v) is 9.47. The fourth-order valence-corrected chi connectivity index (χ4v) is 3.33. The Bertz CT molecular complexity index is 667. The molecule has 1 aromatic carbocycles. The molecule has 1 aromatic heterocycles. The molecule has 0 saturated carbocycles. The van der Waals surface area contributed by atoms with Crippen molar-refractivity contribution in [2.45, 2.75) is 32.6 Å². The lowest BCUT2D eigenvalue weighted by molar-refractivity contribution is 0.771. The van der Waals surface area contributed by atoms with E-state index in [0.717, 1.165) is 42.6 Å². The number of benzene rings is 1. The van der Waals surface area contributed by atoms with Crippen LogP contribution in [0.1, 0.15) is 36.0 Å². The standard InChI is InChI=1S/C18H25ClN4S/c1-13(2)17-23-16(12-24-17)8-10-22-18(20-3)21-9-7-14-5-4-6-15(19)11-14/h4-6,11-13H,7-10H2,1-3H3,(H2,20,21,22). The second-order valence-corrected chi connectivity index (χ2v) is 7.21. The number of hydrogen-bond acceptors (Lipinski definition) is 3. The van der Waals surface area contributed by atoms with Gasteiger partial charge in [-0.15, -0.1) is 11.3 Å². The summed E-state index contributed by atoms with van der Waals surface area (Å²) in [6, 6.07) is 7.94. The van der Waals surface area contributed by atoms with Crippen LogP contribution in [0.25, 0.3) is 0 Å². The van der Waals surface area contributed by atoms with Crippen LogP contribution in [0.5, 0.6) is 0 Å². The van der Waals surface area contributed by atoms with Gasteiger partial charge < -0.3 is 10.6 Å². The first-order valence-electron chi connectivity index (χ1n) is 8.21. The van der Waals surface area contributed by atoms with Gasteiger partial charge in [-0.2, -0.15) is 0 Å². The molecule has 1 heterocycles. The van der Waals surface area contributed by atoms with Gasteiger partial charge in [-0.3, -0.25) is 4.99 Å². The summed E-state index contributed by atoms with van der Waals surface area (Å²) in [5.74, 6) is 1.31. The van der Waals surface area contributed by atoms with E-state index in [1.54, 1.807) is 18.4 Å². The van der Waals surface area contributed by atoms with Gasteiger partial charge in [0.25, 0.3) is 0 Å². The van der Waals surface area contributed by atoms with E-state index in [1.807, 2.05) is 18.2 Å². The summed E-state index contributed by atoms with van der Waals surface area (Å²) in [6.07, 6.45) is 1.81. The Morgan fingerprint density at radius 2 is 2.00 bits per heavy atom. The normalized spacial score (nSPS) is 11.8. The van der Waals surface area contributed by atoms with Crippen LogP contribution >= 0.6 is 22.9 Å². The number of guanidine groups is 1. The zero-order valence-corrected chi connectivity index (χ0v) is 16.0. The molecule has 130 valence electrons. The molecule has 4 nitrogen and oxygen atoms in total. The van der Waals surface area contributed by atoms with Crippen molar-refractivity contribution < 1.29 is 0 Å². The molecule has 0 amide bonds. The Labute approximate surface area is 153 Å². The molecule has 0 radical (unpaired) electrons. The molecule has 0 saturated heterocycles. The van der Waals surface area contributed by atoms with E-state index in [-0.39, 0.29) is 0 Å². The number of nitrogens with zero attached hydrogens (tertiary/aromatic N) is 2. The smallest absolute Gasteiger partial charge is 0.190 e. The SMILES string of the molecule is CN=C(NCCc1cccc(Cl)c1)NCCc1csc(C(C)C)n1. The highest BCUT2D eigenvalue weighted by molar-refractivity contribution is 7.09. The molecule has 0 aliphatic heterocycles. The molecule has 0 aliphatic carbocycles. The molecule has 0 bridgehead atoms. The molecule has 0 atom stereocenters. The second-order valence-electron chi connectivity index (χ2n) is 5.89. The van der Waals surface area contributed by atoms with Crippen LogP contribution in [0, 0.1) is 0 Å². The Morgan fingerprint density at radius 3 is 2.62 bits per heavy atom. The molecule has 2 rings (SSSR count). The van der Waals surface area contributed by atoms with Gasteiger partial charge in [-0.1, -0.05) is 37.6 Å². The van der Waals surface area contributed by atoms with Gasteiger partial charge in [0.1, 0.15) is 0 Å². The third-order valence-electron chi connectivity index (χ3n) is 3.56. The minimum absolute atomic E-state index is 0.498. The number of rotatable bonds is 7. The number of aliphatic imine (C=N–C) groups is 1. The third kappa shape index (κ3) is 6.13. The first-order chi connectivity index (χ1) is 11.6. The molecular weight excluding hydrogens is 340 g/mol. The molecular formula is C18H25ClN4S. The van der Waals surface area contributed by atoms with E-state index in [9.17, 15) is 0 Å². The van der Waals surface area contributed by atoms with Gasteiger partial charge in [0.15, 0.2) is 5.96 Å². The van der Waals surface area contributed by atoms with Crippen molar-refractivity contribution in [1.29, 1.82) is 0 Å². The fraction of sp³-hybridized carbons (Fsp3) is 0.444. The van der Waals surface area contributed by atoms with Gasteiger partial charge >= 0.3 is 0 Å². The minimum Gasteiger partial charge on any atom is -0.356 e. The zero-order chi connectivity index (χ0) is 17.4. The van der Waals surface area contributed by atoms with E-state index in [0.29, 0.717) is 5.92 Å². The van der Waals surface area contributed by atoms with Crippen LogP contribution in [0.2, 0.25) is 5.02 Å². The fourth-order valence-electron chi connectivity index (χ4n) is 2.25. The van der Waals surface area contributed by atoms with Crippen LogP contribution < -0.4 is 10.6 Å². The highest BCUT2D eigenvalue weighted by Crippen LogP contribution is 2.19. The Balaban J connectivity index is 1.70. The summed E-state index contributed by atoms with van der Waals surface area (Å²) in [5.41, 5.74) is 2.36. The summed E-state index contributed by atoms with van der Waals surface area (Å²) in [7, 11) is 1.79. The van der Waals surface area contributed by atoms with E-state index < -0.39 is 0 Å². The van der Waals surface area contributed by atoms with Gasteiger partial charge in [-0.25, -0.2) is 4.98 Å². The average Bonchev–Trinajstić information content (AvgIpc) is 3.02. The first kappa shape index (κ1) is 18.7. The van der Waals surface area contributed by atoms with Gasteiger partial charge in [0.2, 0.25) is 0 Å². The molecule has 0 fully saturated rings. The quantitative estimate of drug-likeness (QED) is 0.579. The zero-order valence-electron chi connectivity index (χ0n) is 14.5. The van der Waals surface area contributed by atoms with Crippen molar-refractivity contribution in [1.82, 2.24) is 15.6 Å². The predicted octanol–water partition coefficient (Wildman–Crippen LogP) is 3.87. The van der Waals surface area contributed by atoms with E-state index >= 15 is 0 Å². The molecule has 0 spiro atoms. The van der Waals surface area contributed by atoms with E-state index in [2.05, 4.69) is 45.9 Å². The van der Waals surface area contributed by atoms with Crippen molar-refractivity contribution in [2.75, 3.05) is 20.1 Å². The lowest BCUT2D eigenvalue weighted by atomic mass is 10.1. The van der Waals surface area contributed by atoms with Crippen molar-refractivity contribution in [3.8, 4) is 0 Å². The van der Waals surface area contributed by atoms with Crippen molar-refractivity contribution in [3.63, 3.8) is 0 Å². The Morgan fingerprint density at radius 1 is 1.25 bits per heavy atom. The molecule has 6 heteroatoms. The summed E-state index contributed by atoms with van der Waals surface area (Å²) in [6.45, 7) is 5.98. The minimum atomic E-state index is 0.498. The Kier molecular flexibility index (Phi) is 7.53. The molecule has 0 unspecified atom stereocenters. The van der Waals surface area contributed by atoms with E-state index in [1.165, 1.54) is 10.6 Å². The maximum atomic E-state index is 6.00. The lowest BCUT2D eigenvalue weighted by Crippen LogP contribution is -2.39. The summed E-state index contributed by atoms with van der Waals surface area (Å²) in [5, 5.41) is 10.8. The highest BCUT2D eigenvalue weighted by atomic mass is 35.5. The number of aromatic nitrogens is 1. The second kappa shape index (κ2) is 9.64.